The number of carbonyl (C=O) groups is 4. The third-order valence-electron chi connectivity index (χ3n) is 4.39. The zero-order chi connectivity index (χ0) is 24.3. The van der Waals surface area contributed by atoms with Gasteiger partial charge in [0, 0.05) is 6.92 Å². The number of carboxylic acid groups (broad SMARTS) is 2. The molecule has 0 atom stereocenters. The number of anilines is 2. The molecule has 0 spiro atoms. The highest BCUT2D eigenvalue weighted by molar-refractivity contribution is 6.23. The van der Waals surface area contributed by atoms with Gasteiger partial charge in [-0.2, -0.15) is 0 Å². The molecule has 0 saturated carbocycles. The lowest BCUT2D eigenvalue weighted by atomic mass is 10.0. The standard InChI is InChI=1S/2C9H12N2O2.C3H4O2/c2*1-5-3-4-7(9(12)13)8(11-10)6(5)2;1-3(5)2-4/h2*3-4,11H,10H2,1-2H3,(H,12,13);2H,1H3. The van der Waals surface area contributed by atoms with Crippen molar-refractivity contribution in [2.24, 2.45) is 11.7 Å². The Bertz CT molecular complexity index is 903. The molecule has 0 fully saturated rings. The maximum Gasteiger partial charge on any atom is 0.337 e. The van der Waals surface area contributed by atoms with Crippen LogP contribution < -0.4 is 22.5 Å². The van der Waals surface area contributed by atoms with Crippen LogP contribution in [0, 0.1) is 27.7 Å². The molecule has 8 N–H and O–H groups in total. The monoisotopic (exact) mass is 432 g/mol. The first-order valence-electron chi connectivity index (χ1n) is 8.98. The Hall–Kier alpha value is -3.76. The summed E-state index contributed by atoms with van der Waals surface area (Å²) < 4.78 is 0. The molecule has 0 amide bonds. The number of hydrogen-bond donors (Lipinski definition) is 6. The molecule has 0 heterocycles. The van der Waals surface area contributed by atoms with Crippen molar-refractivity contribution >= 4 is 35.4 Å². The van der Waals surface area contributed by atoms with Crippen LogP contribution in [0.15, 0.2) is 24.3 Å². The summed E-state index contributed by atoms with van der Waals surface area (Å²) in [4.78, 5) is 40.1. The van der Waals surface area contributed by atoms with Crippen LogP contribution in [-0.2, 0) is 9.59 Å². The summed E-state index contributed by atoms with van der Waals surface area (Å²) in [6.07, 6.45) is 0.278. The van der Waals surface area contributed by atoms with Gasteiger partial charge in [-0.25, -0.2) is 9.59 Å². The topological polar surface area (TPSA) is 185 Å². The highest BCUT2D eigenvalue weighted by Crippen LogP contribution is 2.23. The molecule has 10 heteroatoms. The molecule has 2 rings (SSSR count). The molecule has 31 heavy (non-hydrogen) atoms. The Morgan fingerprint density at radius 2 is 1.06 bits per heavy atom. The van der Waals surface area contributed by atoms with E-state index in [1.807, 2.05) is 27.7 Å². The van der Waals surface area contributed by atoms with Crippen LogP contribution in [0.25, 0.3) is 0 Å². The summed E-state index contributed by atoms with van der Waals surface area (Å²) in [7, 11) is 0. The van der Waals surface area contributed by atoms with Gasteiger partial charge in [-0.15, -0.1) is 0 Å². The van der Waals surface area contributed by atoms with Gasteiger partial charge in [0.05, 0.1) is 22.5 Å². The predicted molar refractivity (Wildman–Crippen MR) is 118 cm³/mol. The number of ketones is 1. The number of hydrazine groups is 2. The van der Waals surface area contributed by atoms with E-state index in [0.717, 1.165) is 22.3 Å². The molecule has 0 radical (unpaired) electrons. The summed E-state index contributed by atoms with van der Waals surface area (Å²) in [6.45, 7) is 8.69. The SMILES string of the molecule is CC(=O)C=O.Cc1ccc(C(=O)O)c(NN)c1C.Cc1ccc(C(=O)O)c(NN)c1C. The zero-order valence-electron chi connectivity index (χ0n) is 18.1. The van der Waals surface area contributed by atoms with Gasteiger partial charge < -0.3 is 21.1 Å². The third kappa shape index (κ3) is 7.88. The maximum atomic E-state index is 10.7. The van der Waals surface area contributed by atoms with Crippen LogP contribution in [0.5, 0.6) is 0 Å². The van der Waals surface area contributed by atoms with Crippen LogP contribution in [0.1, 0.15) is 49.9 Å². The minimum absolute atomic E-state index is 0.200. The number of aldehydes is 1. The molecule has 0 aliphatic rings. The Morgan fingerprint density at radius 1 is 0.774 bits per heavy atom. The second kappa shape index (κ2) is 12.7. The van der Waals surface area contributed by atoms with E-state index >= 15 is 0 Å². The lowest BCUT2D eigenvalue weighted by Crippen LogP contribution is -2.13. The van der Waals surface area contributed by atoms with Crippen molar-refractivity contribution in [3.63, 3.8) is 0 Å². The largest absolute Gasteiger partial charge is 0.478 e. The molecule has 0 aliphatic heterocycles. The van der Waals surface area contributed by atoms with Gasteiger partial charge in [-0.3, -0.25) is 21.3 Å². The zero-order valence-corrected chi connectivity index (χ0v) is 18.1. The quantitative estimate of drug-likeness (QED) is 0.177. The summed E-state index contributed by atoms with van der Waals surface area (Å²) in [5.41, 5.74) is 9.92. The van der Waals surface area contributed by atoms with E-state index in [1.165, 1.54) is 6.92 Å². The van der Waals surface area contributed by atoms with Crippen molar-refractivity contribution in [2.45, 2.75) is 34.6 Å². The van der Waals surface area contributed by atoms with E-state index in [1.54, 1.807) is 24.3 Å². The fraction of sp³-hybridized carbons (Fsp3) is 0.238. The first-order chi connectivity index (χ1) is 14.4. The molecule has 10 nitrogen and oxygen atoms in total. The Labute approximate surface area is 180 Å². The Balaban J connectivity index is 0.000000479. The number of aryl methyl sites for hydroxylation is 2. The first kappa shape index (κ1) is 27.2. The third-order valence-corrected chi connectivity index (χ3v) is 4.39. The minimum Gasteiger partial charge on any atom is -0.478 e. The van der Waals surface area contributed by atoms with E-state index < -0.39 is 17.7 Å². The van der Waals surface area contributed by atoms with E-state index in [2.05, 4.69) is 10.9 Å². The van der Waals surface area contributed by atoms with E-state index in [0.29, 0.717) is 11.4 Å². The summed E-state index contributed by atoms with van der Waals surface area (Å²) in [6, 6.07) is 6.61. The van der Waals surface area contributed by atoms with Gasteiger partial charge in [-0.05, 0) is 62.1 Å². The van der Waals surface area contributed by atoms with Gasteiger partial charge in [0.2, 0.25) is 0 Å². The number of benzene rings is 2. The lowest BCUT2D eigenvalue weighted by molar-refractivity contribution is -0.128. The number of nitrogen functional groups attached to an aromatic ring is 2. The summed E-state index contributed by atoms with van der Waals surface area (Å²) in [5, 5.41) is 17.6. The van der Waals surface area contributed by atoms with Crippen molar-refractivity contribution in [2.75, 3.05) is 10.9 Å². The first-order valence-corrected chi connectivity index (χ1v) is 8.98. The van der Waals surface area contributed by atoms with Crippen LogP contribution in [-0.4, -0.2) is 34.2 Å². The molecule has 0 unspecified atom stereocenters. The molecular weight excluding hydrogens is 404 g/mol. The normalized spacial score (nSPS) is 9.26. The predicted octanol–water partition coefficient (Wildman–Crippen LogP) is 2.35. The van der Waals surface area contributed by atoms with Crippen LogP contribution in [0.4, 0.5) is 11.4 Å². The Kier molecular flexibility index (Phi) is 11.2. The number of aromatic carboxylic acids is 2. The van der Waals surface area contributed by atoms with Crippen molar-refractivity contribution < 1.29 is 29.4 Å². The van der Waals surface area contributed by atoms with Gasteiger partial charge >= 0.3 is 11.9 Å². The highest BCUT2D eigenvalue weighted by atomic mass is 16.4. The van der Waals surface area contributed by atoms with Crippen molar-refractivity contribution in [3.8, 4) is 0 Å². The van der Waals surface area contributed by atoms with Gasteiger partial charge in [0.25, 0.3) is 0 Å². The molecule has 0 saturated heterocycles. The second-order valence-corrected chi connectivity index (χ2v) is 6.49. The lowest BCUT2D eigenvalue weighted by Gasteiger charge is -2.10. The molecule has 0 bridgehead atoms. The maximum absolute atomic E-state index is 10.7. The van der Waals surface area contributed by atoms with Gasteiger partial charge in [0.1, 0.15) is 0 Å². The average molecular weight is 432 g/mol. The van der Waals surface area contributed by atoms with Gasteiger partial charge in [-0.1, -0.05) is 12.1 Å². The van der Waals surface area contributed by atoms with Crippen molar-refractivity contribution in [3.05, 3.63) is 57.6 Å². The smallest absolute Gasteiger partial charge is 0.337 e. The number of rotatable bonds is 5. The number of carbonyl (C=O) groups excluding carboxylic acids is 2. The molecular formula is C21H28N4O6. The van der Waals surface area contributed by atoms with E-state index in [-0.39, 0.29) is 17.4 Å². The number of Topliss-reactive ketones (excluding diaryl/α,β-unsaturated/α-hetero) is 1. The fourth-order valence-electron chi connectivity index (χ4n) is 2.36. The molecule has 0 aliphatic carbocycles. The molecule has 2 aromatic rings. The highest BCUT2D eigenvalue weighted by Gasteiger charge is 2.13. The number of hydrogen-bond acceptors (Lipinski definition) is 8. The van der Waals surface area contributed by atoms with Crippen molar-refractivity contribution in [1.82, 2.24) is 0 Å². The van der Waals surface area contributed by atoms with Crippen molar-refractivity contribution in [1.29, 1.82) is 0 Å². The average Bonchev–Trinajstić information content (AvgIpc) is 2.72. The number of nitrogens with two attached hydrogens (primary N) is 2. The molecule has 168 valence electrons. The van der Waals surface area contributed by atoms with Crippen LogP contribution in [0.3, 0.4) is 0 Å². The fourth-order valence-corrected chi connectivity index (χ4v) is 2.36. The summed E-state index contributed by atoms with van der Waals surface area (Å²) >= 11 is 0. The number of nitrogens with one attached hydrogen (secondary N) is 2. The second-order valence-electron chi connectivity index (χ2n) is 6.49. The summed E-state index contributed by atoms with van der Waals surface area (Å²) in [5.74, 6) is 8.11. The minimum atomic E-state index is -0.976. The van der Waals surface area contributed by atoms with Crippen LogP contribution >= 0.6 is 0 Å². The van der Waals surface area contributed by atoms with E-state index in [9.17, 15) is 14.4 Å². The van der Waals surface area contributed by atoms with Gasteiger partial charge in [0.15, 0.2) is 12.1 Å². The van der Waals surface area contributed by atoms with Crippen LogP contribution in [0.2, 0.25) is 0 Å². The molecule has 0 aromatic heterocycles. The Morgan fingerprint density at radius 3 is 1.26 bits per heavy atom. The molecule has 2 aromatic carbocycles. The van der Waals surface area contributed by atoms with E-state index in [4.69, 9.17) is 26.7 Å². The number of carboxylic acids is 2.